The molecule has 0 spiro atoms. The van der Waals surface area contributed by atoms with Crippen molar-refractivity contribution in [3.63, 3.8) is 0 Å². The molecular weight excluding hydrogens is 274 g/mol. The maximum absolute atomic E-state index is 13.6. The lowest BCUT2D eigenvalue weighted by atomic mass is 9.99. The molecule has 1 aromatic heterocycles. The number of aromatic nitrogens is 1. The Balaban J connectivity index is 2.53. The van der Waals surface area contributed by atoms with E-state index in [9.17, 15) is 22.4 Å². The highest BCUT2D eigenvalue weighted by Gasteiger charge is 2.32. The Morgan fingerprint density at radius 2 is 1.85 bits per heavy atom. The maximum Gasteiger partial charge on any atom is 0.416 e. The van der Waals surface area contributed by atoms with Crippen LogP contribution in [-0.2, 0) is 6.18 Å². The van der Waals surface area contributed by atoms with E-state index in [0.29, 0.717) is 23.8 Å². The van der Waals surface area contributed by atoms with Crippen molar-refractivity contribution in [2.24, 2.45) is 0 Å². The number of pyridine rings is 1. The average Bonchev–Trinajstić information content (AvgIpc) is 2.37. The number of benzene rings is 1. The predicted octanol–water partition coefficient (Wildman–Crippen LogP) is 3.78. The molecule has 6 heteroatoms. The minimum atomic E-state index is -4.63. The Kier molecular flexibility index (Phi) is 3.57. The van der Waals surface area contributed by atoms with E-state index in [-0.39, 0.29) is 5.56 Å². The molecule has 0 aliphatic heterocycles. The molecule has 0 aliphatic rings. The first kappa shape index (κ1) is 14.2. The van der Waals surface area contributed by atoms with Crippen LogP contribution in [0.3, 0.4) is 0 Å². The number of carbonyl (C=O) groups excluding carboxylic acids is 1. The van der Waals surface area contributed by atoms with Gasteiger partial charge in [-0.2, -0.15) is 13.2 Å². The summed E-state index contributed by atoms with van der Waals surface area (Å²) < 4.78 is 51.4. The summed E-state index contributed by atoms with van der Waals surface area (Å²) >= 11 is 0. The normalized spacial score (nSPS) is 11.4. The van der Waals surface area contributed by atoms with E-state index in [1.807, 2.05) is 0 Å². The second kappa shape index (κ2) is 5.03. The summed E-state index contributed by atoms with van der Waals surface area (Å²) in [5.74, 6) is -1.81. The molecule has 0 saturated carbocycles. The standard InChI is InChI=1S/C14H9F4NO/c1-8-4-5-19-7-11(8)13(20)10-6-9(14(16,17)18)2-3-12(10)15/h2-7H,1H3. The van der Waals surface area contributed by atoms with Crippen molar-refractivity contribution in [3.8, 4) is 0 Å². The second-order valence-corrected chi connectivity index (χ2v) is 4.21. The van der Waals surface area contributed by atoms with E-state index in [1.54, 1.807) is 6.92 Å². The summed E-state index contributed by atoms with van der Waals surface area (Å²) in [5.41, 5.74) is -1.09. The monoisotopic (exact) mass is 283 g/mol. The van der Waals surface area contributed by atoms with E-state index >= 15 is 0 Å². The van der Waals surface area contributed by atoms with Crippen LogP contribution in [-0.4, -0.2) is 10.8 Å². The zero-order chi connectivity index (χ0) is 14.9. The first-order valence-corrected chi connectivity index (χ1v) is 5.63. The molecule has 1 heterocycles. The number of alkyl halides is 3. The largest absolute Gasteiger partial charge is 0.416 e. The third-order valence-corrected chi connectivity index (χ3v) is 2.82. The lowest BCUT2D eigenvalue weighted by Gasteiger charge is -2.10. The topological polar surface area (TPSA) is 30.0 Å². The number of halogens is 4. The zero-order valence-electron chi connectivity index (χ0n) is 10.3. The van der Waals surface area contributed by atoms with Crippen LogP contribution in [0.5, 0.6) is 0 Å². The lowest BCUT2D eigenvalue weighted by molar-refractivity contribution is -0.137. The van der Waals surface area contributed by atoms with Crippen LogP contribution in [0.25, 0.3) is 0 Å². The fourth-order valence-corrected chi connectivity index (χ4v) is 1.72. The molecule has 2 aromatic rings. The van der Waals surface area contributed by atoms with Gasteiger partial charge in [-0.15, -0.1) is 0 Å². The molecule has 0 amide bonds. The van der Waals surface area contributed by atoms with Gasteiger partial charge in [-0.25, -0.2) is 4.39 Å². The van der Waals surface area contributed by atoms with Gasteiger partial charge in [0.05, 0.1) is 11.1 Å². The van der Waals surface area contributed by atoms with E-state index in [2.05, 4.69) is 4.98 Å². The van der Waals surface area contributed by atoms with Crippen molar-refractivity contribution in [3.05, 3.63) is 64.7 Å². The van der Waals surface area contributed by atoms with Crippen molar-refractivity contribution in [2.45, 2.75) is 13.1 Å². The number of ketones is 1. The van der Waals surface area contributed by atoms with Crippen molar-refractivity contribution in [1.82, 2.24) is 4.98 Å². The molecule has 0 fully saturated rings. The summed E-state index contributed by atoms with van der Waals surface area (Å²) in [6.07, 6.45) is -1.99. The lowest BCUT2D eigenvalue weighted by Crippen LogP contribution is -2.11. The van der Waals surface area contributed by atoms with Crippen LogP contribution in [0.15, 0.2) is 36.7 Å². The molecule has 0 saturated heterocycles. The molecule has 0 radical (unpaired) electrons. The summed E-state index contributed by atoms with van der Waals surface area (Å²) in [5, 5.41) is 0. The third-order valence-electron chi connectivity index (χ3n) is 2.82. The SMILES string of the molecule is Cc1ccncc1C(=O)c1cc(C(F)(F)F)ccc1F. The van der Waals surface area contributed by atoms with Crippen LogP contribution in [0.2, 0.25) is 0 Å². The molecule has 20 heavy (non-hydrogen) atoms. The number of carbonyl (C=O) groups is 1. The molecule has 2 nitrogen and oxygen atoms in total. The summed E-state index contributed by atoms with van der Waals surface area (Å²) in [6, 6.07) is 3.28. The van der Waals surface area contributed by atoms with Gasteiger partial charge in [-0.1, -0.05) is 0 Å². The van der Waals surface area contributed by atoms with Crippen LogP contribution >= 0.6 is 0 Å². The van der Waals surface area contributed by atoms with Crippen molar-refractivity contribution < 1.29 is 22.4 Å². The highest BCUT2D eigenvalue weighted by molar-refractivity contribution is 6.09. The van der Waals surface area contributed by atoms with Gasteiger partial charge in [0.25, 0.3) is 0 Å². The van der Waals surface area contributed by atoms with Gasteiger partial charge in [0, 0.05) is 18.0 Å². The first-order valence-electron chi connectivity index (χ1n) is 5.63. The molecule has 0 N–H and O–H groups in total. The smallest absolute Gasteiger partial charge is 0.288 e. The van der Waals surface area contributed by atoms with Crippen LogP contribution in [0.1, 0.15) is 27.0 Å². The van der Waals surface area contributed by atoms with Gasteiger partial charge in [-0.05, 0) is 36.8 Å². The number of rotatable bonds is 2. The van der Waals surface area contributed by atoms with Gasteiger partial charge in [-0.3, -0.25) is 9.78 Å². The zero-order valence-corrected chi connectivity index (χ0v) is 10.3. The third kappa shape index (κ3) is 2.68. The van der Waals surface area contributed by atoms with Gasteiger partial charge in [0.2, 0.25) is 0 Å². The Bertz CT molecular complexity index is 664. The van der Waals surface area contributed by atoms with Gasteiger partial charge < -0.3 is 0 Å². The van der Waals surface area contributed by atoms with Crippen molar-refractivity contribution >= 4 is 5.78 Å². The molecular formula is C14H9F4NO. The van der Waals surface area contributed by atoms with Gasteiger partial charge >= 0.3 is 6.18 Å². The number of hydrogen-bond acceptors (Lipinski definition) is 2. The summed E-state index contributed by atoms with van der Waals surface area (Å²) in [7, 11) is 0. The van der Waals surface area contributed by atoms with E-state index in [0.717, 1.165) is 0 Å². The van der Waals surface area contributed by atoms with Crippen molar-refractivity contribution in [2.75, 3.05) is 0 Å². The minimum absolute atomic E-state index is 0.0747. The Morgan fingerprint density at radius 3 is 2.45 bits per heavy atom. The van der Waals surface area contributed by atoms with Crippen LogP contribution in [0, 0.1) is 12.7 Å². The van der Waals surface area contributed by atoms with Gasteiger partial charge in [0.1, 0.15) is 5.82 Å². The fourth-order valence-electron chi connectivity index (χ4n) is 1.72. The van der Waals surface area contributed by atoms with E-state index < -0.39 is 28.9 Å². The Labute approximate surface area is 112 Å². The number of hydrogen-bond donors (Lipinski definition) is 0. The summed E-state index contributed by atoms with van der Waals surface area (Å²) in [4.78, 5) is 15.8. The molecule has 0 aliphatic carbocycles. The molecule has 2 rings (SSSR count). The molecule has 0 atom stereocenters. The number of aryl methyl sites for hydroxylation is 1. The van der Waals surface area contributed by atoms with E-state index in [1.165, 1.54) is 18.5 Å². The maximum atomic E-state index is 13.6. The average molecular weight is 283 g/mol. The molecule has 0 unspecified atom stereocenters. The first-order chi connectivity index (χ1) is 9.30. The van der Waals surface area contributed by atoms with Crippen LogP contribution < -0.4 is 0 Å². The fraction of sp³-hybridized carbons (Fsp3) is 0.143. The van der Waals surface area contributed by atoms with Crippen LogP contribution in [0.4, 0.5) is 17.6 Å². The van der Waals surface area contributed by atoms with Gasteiger partial charge in [0.15, 0.2) is 5.78 Å². The predicted molar refractivity (Wildman–Crippen MR) is 63.8 cm³/mol. The Hall–Kier alpha value is -2.24. The molecule has 1 aromatic carbocycles. The molecule has 0 bridgehead atoms. The second-order valence-electron chi connectivity index (χ2n) is 4.21. The quantitative estimate of drug-likeness (QED) is 0.620. The highest BCUT2D eigenvalue weighted by Crippen LogP contribution is 2.31. The minimum Gasteiger partial charge on any atom is -0.288 e. The van der Waals surface area contributed by atoms with E-state index in [4.69, 9.17) is 0 Å². The highest BCUT2D eigenvalue weighted by atomic mass is 19.4. The molecule has 104 valence electrons. The summed E-state index contributed by atoms with van der Waals surface area (Å²) in [6.45, 7) is 1.60. The van der Waals surface area contributed by atoms with Crippen molar-refractivity contribution in [1.29, 1.82) is 0 Å². The Morgan fingerprint density at radius 1 is 1.15 bits per heavy atom. The number of nitrogens with zero attached hydrogens (tertiary/aromatic N) is 1.